The molecule has 5 heteroatoms. The highest BCUT2D eigenvalue weighted by atomic mass is 16.3. The third-order valence-corrected chi connectivity index (χ3v) is 4.34. The molecule has 1 aliphatic heterocycles. The van der Waals surface area contributed by atoms with E-state index in [1.54, 1.807) is 0 Å². The van der Waals surface area contributed by atoms with E-state index >= 15 is 0 Å². The average Bonchev–Trinajstić information content (AvgIpc) is 2.95. The summed E-state index contributed by atoms with van der Waals surface area (Å²) in [5.74, 6) is 0.263. The van der Waals surface area contributed by atoms with Gasteiger partial charge in [-0.05, 0) is 25.7 Å². The number of rotatable bonds is 5. The number of amides is 2. The maximum Gasteiger partial charge on any atom is 0.225 e. The summed E-state index contributed by atoms with van der Waals surface area (Å²) in [4.78, 5) is 26.1. The van der Waals surface area contributed by atoms with Gasteiger partial charge in [0, 0.05) is 38.1 Å². The van der Waals surface area contributed by atoms with Crippen molar-refractivity contribution in [2.24, 2.45) is 11.8 Å². The topological polar surface area (TPSA) is 69.6 Å². The molecular weight excluding hydrogens is 268 g/mol. The van der Waals surface area contributed by atoms with Gasteiger partial charge in [-0.2, -0.15) is 0 Å². The molecule has 1 heterocycles. The zero-order valence-electron chi connectivity index (χ0n) is 12.8. The van der Waals surface area contributed by atoms with Crippen LogP contribution in [0.15, 0.2) is 12.2 Å². The van der Waals surface area contributed by atoms with E-state index in [-0.39, 0.29) is 36.3 Å². The van der Waals surface area contributed by atoms with Crippen molar-refractivity contribution < 1.29 is 14.7 Å². The molecule has 2 N–H and O–H groups in total. The SMILES string of the molecule is CCCC(=O)N1CCCC(C(=O)N[C@@H]2C=C[C@H](CO)C2)C1. The number of nitrogens with one attached hydrogen (secondary N) is 1. The van der Waals surface area contributed by atoms with Crippen molar-refractivity contribution >= 4 is 11.8 Å². The molecule has 5 nitrogen and oxygen atoms in total. The first kappa shape index (κ1) is 16.0. The molecule has 0 aromatic carbocycles. The molecule has 0 aromatic rings. The molecular formula is C16H26N2O3. The van der Waals surface area contributed by atoms with Crippen LogP contribution in [0, 0.1) is 11.8 Å². The number of hydrogen-bond donors (Lipinski definition) is 2. The predicted molar refractivity (Wildman–Crippen MR) is 80.5 cm³/mol. The number of likely N-dealkylation sites (tertiary alicyclic amines) is 1. The van der Waals surface area contributed by atoms with Crippen molar-refractivity contribution in [1.82, 2.24) is 10.2 Å². The Labute approximate surface area is 126 Å². The Kier molecular flexibility index (Phi) is 5.79. The second-order valence-electron chi connectivity index (χ2n) is 6.11. The lowest BCUT2D eigenvalue weighted by molar-refractivity contribution is -0.135. The number of piperidine rings is 1. The third-order valence-electron chi connectivity index (χ3n) is 4.34. The molecule has 21 heavy (non-hydrogen) atoms. The summed E-state index contributed by atoms with van der Waals surface area (Å²) in [5.41, 5.74) is 0. The van der Waals surface area contributed by atoms with Crippen LogP contribution in [0.3, 0.4) is 0 Å². The third kappa shape index (κ3) is 4.30. The van der Waals surface area contributed by atoms with E-state index in [0.29, 0.717) is 13.0 Å². The van der Waals surface area contributed by atoms with Crippen LogP contribution in [0.2, 0.25) is 0 Å². The van der Waals surface area contributed by atoms with E-state index in [2.05, 4.69) is 5.32 Å². The first-order chi connectivity index (χ1) is 10.1. The van der Waals surface area contributed by atoms with Gasteiger partial charge in [0.25, 0.3) is 0 Å². The summed E-state index contributed by atoms with van der Waals surface area (Å²) in [7, 11) is 0. The Hall–Kier alpha value is -1.36. The normalized spacial score (nSPS) is 28.7. The molecule has 1 saturated heterocycles. The Balaban J connectivity index is 1.82. The quantitative estimate of drug-likeness (QED) is 0.745. The minimum absolute atomic E-state index is 0.0244. The summed E-state index contributed by atoms with van der Waals surface area (Å²) in [5, 5.41) is 12.1. The molecule has 2 rings (SSSR count). The smallest absolute Gasteiger partial charge is 0.225 e. The average molecular weight is 294 g/mol. The molecule has 0 aromatic heterocycles. The second-order valence-corrected chi connectivity index (χ2v) is 6.11. The van der Waals surface area contributed by atoms with Crippen molar-refractivity contribution in [3.05, 3.63) is 12.2 Å². The molecule has 0 spiro atoms. The summed E-state index contributed by atoms with van der Waals surface area (Å²) in [6.07, 6.45) is 7.85. The number of nitrogens with zero attached hydrogens (tertiary/aromatic N) is 1. The van der Waals surface area contributed by atoms with Crippen LogP contribution in [0.4, 0.5) is 0 Å². The van der Waals surface area contributed by atoms with Gasteiger partial charge in [-0.1, -0.05) is 19.1 Å². The largest absolute Gasteiger partial charge is 0.396 e. The molecule has 0 radical (unpaired) electrons. The lowest BCUT2D eigenvalue weighted by Gasteiger charge is -2.32. The van der Waals surface area contributed by atoms with Crippen LogP contribution in [0.5, 0.6) is 0 Å². The van der Waals surface area contributed by atoms with Gasteiger partial charge in [0.05, 0.1) is 5.92 Å². The van der Waals surface area contributed by atoms with E-state index in [1.165, 1.54) is 0 Å². The van der Waals surface area contributed by atoms with Crippen LogP contribution >= 0.6 is 0 Å². The lowest BCUT2D eigenvalue weighted by atomic mass is 9.96. The first-order valence-electron chi connectivity index (χ1n) is 8.01. The number of hydrogen-bond acceptors (Lipinski definition) is 3. The van der Waals surface area contributed by atoms with Crippen molar-refractivity contribution in [2.45, 2.75) is 45.1 Å². The van der Waals surface area contributed by atoms with Gasteiger partial charge in [-0.15, -0.1) is 0 Å². The van der Waals surface area contributed by atoms with Crippen LogP contribution in [0.1, 0.15) is 39.0 Å². The minimum Gasteiger partial charge on any atom is -0.396 e. The number of aliphatic hydroxyl groups excluding tert-OH is 1. The molecule has 1 fully saturated rings. The van der Waals surface area contributed by atoms with E-state index < -0.39 is 0 Å². The molecule has 2 amide bonds. The maximum absolute atomic E-state index is 12.3. The van der Waals surface area contributed by atoms with Gasteiger partial charge in [0.1, 0.15) is 0 Å². The van der Waals surface area contributed by atoms with Crippen molar-refractivity contribution in [2.75, 3.05) is 19.7 Å². The van der Waals surface area contributed by atoms with E-state index in [9.17, 15) is 9.59 Å². The summed E-state index contributed by atoms with van der Waals surface area (Å²) in [6, 6.07) is 0.0244. The fourth-order valence-corrected chi connectivity index (χ4v) is 3.11. The summed E-state index contributed by atoms with van der Waals surface area (Å²) >= 11 is 0. The Morgan fingerprint density at radius 1 is 1.38 bits per heavy atom. The molecule has 1 aliphatic carbocycles. The van der Waals surface area contributed by atoms with E-state index in [1.807, 2.05) is 24.0 Å². The Bertz CT molecular complexity index is 408. The van der Waals surface area contributed by atoms with Gasteiger partial charge in [-0.25, -0.2) is 0 Å². The molecule has 118 valence electrons. The van der Waals surface area contributed by atoms with Gasteiger partial charge in [0.15, 0.2) is 0 Å². The number of aliphatic hydroxyl groups is 1. The fourth-order valence-electron chi connectivity index (χ4n) is 3.11. The van der Waals surface area contributed by atoms with E-state index in [0.717, 1.165) is 32.2 Å². The molecule has 1 unspecified atom stereocenters. The zero-order valence-corrected chi connectivity index (χ0v) is 12.8. The lowest BCUT2D eigenvalue weighted by Crippen LogP contribution is -2.47. The Morgan fingerprint density at radius 2 is 2.19 bits per heavy atom. The second kappa shape index (κ2) is 7.59. The van der Waals surface area contributed by atoms with Gasteiger partial charge < -0.3 is 15.3 Å². The van der Waals surface area contributed by atoms with Crippen molar-refractivity contribution in [1.29, 1.82) is 0 Å². The van der Waals surface area contributed by atoms with Gasteiger partial charge >= 0.3 is 0 Å². The minimum atomic E-state index is -0.0962. The van der Waals surface area contributed by atoms with Crippen LogP contribution < -0.4 is 5.32 Å². The standard InChI is InChI=1S/C16H26N2O3/c1-2-4-15(20)18-8-3-5-13(10-18)16(21)17-14-7-6-12(9-14)11-19/h6-7,12-14,19H,2-5,8-11H2,1H3,(H,17,21)/t12-,13?,14+/m0/s1. The molecule has 2 aliphatic rings. The van der Waals surface area contributed by atoms with Crippen molar-refractivity contribution in [3.63, 3.8) is 0 Å². The van der Waals surface area contributed by atoms with Crippen LogP contribution in [-0.2, 0) is 9.59 Å². The molecule has 3 atom stereocenters. The maximum atomic E-state index is 12.3. The highest BCUT2D eigenvalue weighted by Crippen LogP contribution is 2.21. The summed E-state index contributed by atoms with van der Waals surface area (Å²) in [6.45, 7) is 3.45. The Morgan fingerprint density at radius 3 is 2.86 bits per heavy atom. The highest BCUT2D eigenvalue weighted by molar-refractivity contribution is 5.81. The highest BCUT2D eigenvalue weighted by Gasteiger charge is 2.29. The first-order valence-corrected chi connectivity index (χ1v) is 8.01. The van der Waals surface area contributed by atoms with Crippen LogP contribution in [-0.4, -0.2) is 47.6 Å². The molecule has 0 bridgehead atoms. The summed E-state index contributed by atoms with van der Waals surface area (Å²) < 4.78 is 0. The number of carbonyl (C=O) groups is 2. The van der Waals surface area contributed by atoms with Crippen molar-refractivity contribution in [3.8, 4) is 0 Å². The van der Waals surface area contributed by atoms with E-state index in [4.69, 9.17) is 5.11 Å². The number of carbonyl (C=O) groups excluding carboxylic acids is 2. The van der Waals surface area contributed by atoms with Gasteiger partial charge in [0.2, 0.25) is 11.8 Å². The predicted octanol–water partition coefficient (Wildman–Crippen LogP) is 1.08. The van der Waals surface area contributed by atoms with Crippen LogP contribution in [0.25, 0.3) is 0 Å². The van der Waals surface area contributed by atoms with Gasteiger partial charge in [-0.3, -0.25) is 9.59 Å². The fraction of sp³-hybridized carbons (Fsp3) is 0.750. The monoisotopic (exact) mass is 294 g/mol. The molecule has 0 saturated carbocycles. The zero-order chi connectivity index (χ0) is 15.2.